The van der Waals surface area contributed by atoms with Gasteiger partial charge in [-0.3, -0.25) is 9.78 Å². The Labute approximate surface area is 275 Å². The van der Waals surface area contributed by atoms with Gasteiger partial charge in [0.05, 0.1) is 17.1 Å². The van der Waals surface area contributed by atoms with E-state index in [9.17, 15) is 23.5 Å². The monoisotopic (exact) mass is 657 g/mol. The molecule has 240 valence electrons. The van der Waals surface area contributed by atoms with Crippen LogP contribution in [0.1, 0.15) is 50.2 Å². The molecule has 3 aromatic carbocycles. The molecule has 4 aromatic rings. The lowest BCUT2D eigenvalue weighted by atomic mass is 9.91. The minimum absolute atomic E-state index is 0.0268. The third-order valence-electron chi connectivity index (χ3n) is 7.96. The van der Waals surface area contributed by atoms with Crippen LogP contribution in [0.25, 0.3) is 17.2 Å². The topological polar surface area (TPSA) is 113 Å². The fourth-order valence-electron chi connectivity index (χ4n) is 5.32. The summed E-state index contributed by atoms with van der Waals surface area (Å²) in [5.74, 6) is -4.25. The third kappa shape index (κ3) is 7.76. The van der Waals surface area contributed by atoms with E-state index < -0.39 is 24.3 Å². The van der Waals surface area contributed by atoms with E-state index in [2.05, 4.69) is 4.98 Å². The first-order valence-electron chi connectivity index (χ1n) is 14.7. The van der Waals surface area contributed by atoms with Gasteiger partial charge in [0.25, 0.3) is 5.92 Å². The van der Waals surface area contributed by atoms with Crippen LogP contribution < -0.4 is 9.47 Å². The molecule has 1 fully saturated rings. The number of ether oxygens (including phenoxy) is 2. The Kier molecular flexibility index (Phi) is 9.87. The van der Waals surface area contributed by atoms with Crippen LogP contribution in [-0.4, -0.2) is 45.9 Å². The highest BCUT2D eigenvalue weighted by Crippen LogP contribution is 2.36. The summed E-state index contributed by atoms with van der Waals surface area (Å²) in [4.78, 5) is 29.6. The summed E-state index contributed by atoms with van der Waals surface area (Å²) >= 11 is 6.42. The number of likely N-dealkylation sites (tertiary alicyclic amines) is 1. The number of hydrogen-bond acceptors (Lipinski definition) is 6. The van der Waals surface area contributed by atoms with E-state index >= 15 is 0 Å². The molecular formula is C36H30ClF2N3O5. The maximum Gasteiger partial charge on any atom is 0.339 e. The van der Waals surface area contributed by atoms with Gasteiger partial charge in [-0.1, -0.05) is 48.0 Å². The van der Waals surface area contributed by atoms with Crippen molar-refractivity contribution in [2.24, 2.45) is 0 Å². The maximum atomic E-state index is 13.6. The highest BCUT2D eigenvalue weighted by atomic mass is 35.5. The van der Waals surface area contributed by atoms with Gasteiger partial charge >= 0.3 is 5.97 Å². The lowest BCUT2D eigenvalue weighted by Gasteiger charge is -2.17. The van der Waals surface area contributed by atoms with E-state index in [1.807, 2.05) is 56.3 Å². The lowest BCUT2D eigenvalue weighted by molar-refractivity contribution is -0.126. The SMILES string of the molecule is Cc1c(/C=C/C(=O)N2CCC(F)(F)C2)cccc1-c1cccc(COc2cc(OCc3cncc(C#N)c3)c(C(=O)O)cc2Cl)c1C. The summed E-state index contributed by atoms with van der Waals surface area (Å²) in [6, 6.07) is 17.8. The molecule has 0 saturated carbocycles. The number of carbonyl (C=O) groups is 2. The van der Waals surface area contributed by atoms with Gasteiger partial charge in [0, 0.05) is 43.1 Å². The summed E-state index contributed by atoms with van der Waals surface area (Å²) in [6.45, 7) is 3.45. The second kappa shape index (κ2) is 14.0. The Balaban J connectivity index is 1.34. The molecule has 0 unspecified atom stereocenters. The van der Waals surface area contributed by atoms with Crippen LogP contribution in [0.3, 0.4) is 0 Å². The summed E-state index contributed by atoms with van der Waals surface area (Å²) < 4.78 is 39.0. The minimum atomic E-state index is -2.85. The zero-order valence-electron chi connectivity index (χ0n) is 25.6. The van der Waals surface area contributed by atoms with Gasteiger partial charge in [-0.05, 0) is 65.4 Å². The second-order valence-corrected chi connectivity index (χ2v) is 11.6. The van der Waals surface area contributed by atoms with Crippen LogP contribution in [0.2, 0.25) is 5.02 Å². The number of nitriles is 1. The van der Waals surface area contributed by atoms with Gasteiger partial charge in [-0.2, -0.15) is 5.26 Å². The predicted octanol–water partition coefficient (Wildman–Crippen LogP) is 7.63. The third-order valence-corrected chi connectivity index (χ3v) is 8.26. The number of carboxylic acid groups (broad SMARTS) is 1. The number of hydrogen-bond donors (Lipinski definition) is 1. The number of aromatic carboxylic acids is 1. The molecule has 1 N–H and O–H groups in total. The highest BCUT2D eigenvalue weighted by Gasteiger charge is 2.39. The van der Waals surface area contributed by atoms with E-state index in [1.54, 1.807) is 12.1 Å². The van der Waals surface area contributed by atoms with Crippen LogP contribution in [0.15, 0.2) is 73.1 Å². The summed E-state index contributed by atoms with van der Waals surface area (Å²) in [5, 5.41) is 18.9. The van der Waals surface area contributed by atoms with E-state index in [0.717, 1.165) is 38.3 Å². The van der Waals surface area contributed by atoms with Crippen molar-refractivity contribution in [3.63, 3.8) is 0 Å². The molecular weight excluding hydrogens is 628 g/mol. The molecule has 1 amide bonds. The summed E-state index contributed by atoms with van der Waals surface area (Å²) in [7, 11) is 0. The van der Waals surface area contributed by atoms with Crippen LogP contribution >= 0.6 is 11.6 Å². The second-order valence-electron chi connectivity index (χ2n) is 11.2. The number of carbonyl (C=O) groups excluding carboxylic acids is 1. The van der Waals surface area contributed by atoms with E-state index in [0.29, 0.717) is 11.1 Å². The van der Waals surface area contributed by atoms with Crippen LogP contribution in [0, 0.1) is 25.2 Å². The van der Waals surface area contributed by atoms with Crippen LogP contribution in [-0.2, 0) is 18.0 Å². The number of alkyl halides is 2. The first kappa shape index (κ1) is 33.1. The number of aromatic nitrogens is 1. The predicted molar refractivity (Wildman–Crippen MR) is 173 cm³/mol. The number of nitrogens with zero attached hydrogens (tertiary/aromatic N) is 3. The molecule has 2 heterocycles. The number of pyridine rings is 1. The van der Waals surface area contributed by atoms with Gasteiger partial charge in [0.15, 0.2) is 0 Å². The Morgan fingerprint density at radius 2 is 1.77 bits per heavy atom. The Bertz CT molecular complexity index is 1920. The summed E-state index contributed by atoms with van der Waals surface area (Å²) in [5.41, 5.74) is 6.15. The Morgan fingerprint density at radius 3 is 2.47 bits per heavy atom. The largest absolute Gasteiger partial charge is 0.488 e. The van der Waals surface area contributed by atoms with E-state index in [4.69, 9.17) is 26.3 Å². The average molecular weight is 658 g/mol. The molecule has 0 spiro atoms. The number of benzene rings is 3. The molecule has 11 heteroatoms. The van der Waals surface area contributed by atoms with Crippen molar-refractivity contribution in [1.29, 1.82) is 5.26 Å². The van der Waals surface area contributed by atoms with Gasteiger partial charge in [0.1, 0.15) is 36.3 Å². The molecule has 0 aliphatic carbocycles. The first-order valence-corrected chi connectivity index (χ1v) is 15.0. The molecule has 0 radical (unpaired) electrons. The quantitative estimate of drug-likeness (QED) is 0.175. The molecule has 5 rings (SSSR count). The molecule has 1 aliphatic rings. The van der Waals surface area contributed by atoms with Gasteiger partial charge < -0.3 is 19.5 Å². The number of halogens is 3. The highest BCUT2D eigenvalue weighted by molar-refractivity contribution is 6.32. The smallest absolute Gasteiger partial charge is 0.339 e. The van der Waals surface area contributed by atoms with E-state index in [1.165, 1.54) is 30.6 Å². The maximum absolute atomic E-state index is 13.6. The van der Waals surface area contributed by atoms with Gasteiger partial charge in [-0.25, -0.2) is 13.6 Å². The lowest BCUT2D eigenvalue weighted by Crippen LogP contribution is -2.29. The van der Waals surface area contributed by atoms with Crippen molar-refractivity contribution in [3.8, 4) is 28.7 Å². The van der Waals surface area contributed by atoms with E-state index in [-0.39, 0.29) is 48.3 Å². The fourth-order valence-corrected chi connectivity index (χ4v) is 5.54. The van der Waals surface area contributed by atoms with Crippen molar-refractivity contribution in [2.45, 2.75) is 39.4 Å². The number of rotatable bonds is 10. The van der Waals surface area contributed by atoms with Crippen molar-refractivity contribution in [1.82, 2.24) is 9.88 Å². The average Bonchev–Trinajstić information content (AvgIpc) is 3.43. The number of carboxylic acids is 1. The normalized spacial score (nSPS) is 13.8. The zero-order valence-corrected chi connectivity index (χ0v) is 26.4. The molecule has 1 saturated heterocycles. The minimum Gasteiger partial charge on any atom is -0.488 e. The fraction of sp³-hybridized carbons (Fsp3) is 0.222. The van der Waals surface area contributed by atoms with Crippen molar-refractivity contribution in [3.05, 3.63) is 117 Å². The standard InChI is InChI=1S/C36H30ClF2N3O5/c1-22-26(9-10-34(43)42-12-11-36(38,39)21-42)5-3-7-28(22)29-8-4-6-27(23(29)2)20-47-33-15-32(30(35(44)45)14-31(33)37)46-19-25-13-24(16-40)17-41-18-25/h3-10,13-15,17-18H,11-12,19-21H2,1-2H3,(H,44,45)/b10-9+. The zero-order chi connectivity index (χ0) is 33.7. The van der Waals surface area contributed by atoms with Gasteiger partial charge in [-0.15, -0.1) is 0 Å². The first-order chi connectivity index (χ1) is 22.5. The van der Waals surface area contributed by atoms with Gasteiger partial charge in [0.2, 0.25) is 5.91 Å². The summed E-state index contributed by atoms with van der Waals surface area (Å²) in [6.07, 6.45) is 5.60. The Hall–Kier alpha value is -5.27. The van der Waals surface area contributed by atoms with Crippen molar-refractivity contribution >= 4 is 29.6 Å². The molecule has 8 nitrogen and oxygen atoms in total. The molecule has 1 aromatic heterocycles. The van der Waals surface area contributed by atoms with Crippen molar-refractivity contribution in [2.75, 3.05) is 13.1 Å². The van der Waals surface area contributed by atoms with Crippen molar-refractivity contribution < 1.29 is 33.0 Å². The van der Waals surface area contributed by atoms with Crippen LogP contribution in [0.5, 0.6) is 11.5 Å². The molecule has 1 aliphatic heterocycles. The molecule has 0 bridgehead atoms. The Morgan fingerprint density at radius 1 is 1.04 bits per heavy atom. The van der Waals surface area contributed by atoms with Crippen LogP contribution in [0.4, 0.5) is 8.78 Å². The molecule has 47 heavy (non-hydrogen) atoms. The molecule has 0 atom stereocenters. The number of amides is 1.